The number of methoxy groups -OCH3 is 3. The van der Waals surface area contributed by atoms with E-state index in [0.29, 0.717) is 34.2 Å². The van der Waals surface area contributed by atoms with Crippen LogP contribution in [0.2, 0.25) is 0 Å². The Kier molecular flexibility index (Phi) is 10.7. The van der Waals surface area contributed by atoms with Crippen LogP contribution in [0.3, 0.4) is 0 Å². The molecule has 4 aromatic carbocycles. The van der Waals surface area contributed by atoms with Crippen LogP contribution in [0.15, 0.2) is 85.1 Å². The molecule has 1 aromatic heterocycles. The molecule has 0 saturated heterocycles. The van der Waals surface area contributed by atoms with E-state index in [2.05, 4.69) is 20.5 Å². The van der Waals surface area contributed by atoms with Crippen LogP contribution < -0.4 is 29.6 Å². The summed E-state index contributed by atoms with van der Waals surface area (Å²) in [7, 11) is 4.56. The summed E-state index contributed by atoms with van der Waals surface area (Å²) in [4.78, 5) is 33.7. The van der Waals surface area contributed by atoms with Crippen molar-refractivity contribution in [1.29, 1.82) is 0 Å². The van der Waals surface area contributed by atoms with Gasteiger partial charge in [0.2, 0.25) is 0 Å². The number of rotatable bonds is 13. The van der Waals surface area contributed by atoms with Gasteiger partial charge in [0.05, 0.1) is 43.7 Å². The number of ether oxygens (including phenoxy) is 4. The quantitative estimate of drug-likeness (QED) is 0.142. The molecule has 10 nitrogen and oxygen atoms in total. The van der Waals surface area contributed by atoms with Gasteiger partial charge in [0.1, 0.15) is 13.3 Å². The summed E-state index contributed by atoms with van der Waals surface area (Å²) in [5.41, 5.74) is 5.69. The molecule has 50 heavy (non-hydrogen) atoms. The average molecular weight is 678 g/mol. The van der Waals surface area contributed by atoms with Crippen molar-refractivity contribution >= 4 is 34.1 Å². The van der Waals surface area contributed by atoms with Gasteiger partial charge in [-0.2, -0.15) is 0 Å². The van der Waals surface area contributed by atoms with Crippen molar-refractivity contribution in [2.24, 2.45) is 0 Å². The highest BCUT2D eigenvalue weighted by Crippen LogP contribution is 2.35. The third-order valence-electron chi connectivity index (χ3n) is 8.71. The fraction of sp³-hybridized carbons (Fsp3) is 0.256. The van der Waals surface area contributed by atoms with E-state index in [1.807, 2.05) is 60.7 Å². The summed E-state index contributed by atoms with van der Waals surface area (Å²) in [5, 5.41) is 6.62. The van der Waals surface area contributed by atoms with Crippen molar-refractivity contribution in [2.75, 3.05) is 58.3 Å². The number of para-hydroxylation sites is 1. The molecule has 11 heteroatoms. The number of fused-ring (bicyclic) bond motifs is 2. The highest BCUT2D eigenvalue weighted by atomic mass is 18.2. The van der Waals surface area contributed by atoms with Crippen molar-refractivity contribution in [3.8, 4) is 23.0 Å². The van der Waals surface area contributed by atoms with Gasteiger partial charge in [0, 0.05) is 43.0 Å². The van der Waals surface area contributed by atoms with E-state index in [1.54, 1.807) is 25.3 Å². The van der Waals surface area contributed by atoms with Crippen LogP contribution in [0.4, 0.5) is 15.8 Å². The van der Waals surface area contributed by atoms with E-state index in [0.717, 1.165) is 54.5 Å². The molecule has 6 rings (SSSR count). The summed E-state index contributed by atoms with van der Waals surface area (Å²) in [5.74, 6) is 1.06. The van der Waals surface area contributed by atoms with Gasteiger partial charge < -0.3 is 29.6 Å². The van der Waals surface area contributed by atoms with Gasteiger partial charge in [-0.1, -0.05) is 30.3 Å². The van der Waals surface area contributed by atoms with Crippen LogP contribution in [0.1, 0.15) is 37.4 Å². The molecule has 2 N–H and O–H groups in total. The summed E-state index contributed by atoms with van der Waals surface area (Å²) >= 11 is 0. The van der Waals surface area contributed by atoms with E-state index in [9.17, 15) is 14.0 Å². The number of nitrogens with one attached hydrogen (secondary N) is 2. The Morgan fingerprint density at radius 1 is 0.820 bits per heavy atom. The second-order valence-corrected chi connectivity index (χ2v) is 11.9. The standard InChI is InChI=1S/C39H39FN4O6/c1-47-34-19-26-13-16-44(24-29(26)20-37(34)50-17-14-40)15-12-25-8-10-30(11-9-25)42-39(46)31-21-35(48-2)36(49-3)22-33(31)43-38(45)28-18-27-6-4-5-7-32(27)41-23-28/h4-11,18-23H,12-17,24H2,1-3H3,(H,42,46)(H,43,45)/i40-1. The van der Waals surface area contributed by atoms with Crippen LogP contribution in [0, 0.1) is 0 Å². The predicted octanol–water partition coefficient (Wildman–Crippen LogP) is 6.71. The second kappa shape index (κ2) is 15.7. The summed E-state index contributed by atoms with van der Waals surface area (Å²) in [6, 6.07) is 24.0. The lowest BCUT2D eigenvalue weighted by molar-refractivity contribution is 0.102. The number of hydrogen-bond acceptors (Lipinski definition) is 8. The largest absolute Gasteiger partial charge is 0.493 e. The molecular weight excluding hydrogens is 638 g/mol. The number of carbonyl (C=O) groups excluding carboxylic acids is 2. The fourth-order valence-electron chi connectivity index (χ4n) is 6.03. The lowest BCUT2D eigenvalue weighted by Crippen LogP contribution is -2.32. The van der Waals surface area contributed by atoms with Crippen molar-refractivity contribution in [2.45, 2.75) is 19.4 Å². The van der Waals surface area contributed by atoms with Crippen molar-refractivity contribution in [1.82, 2.24) is 9.88 Å². The average Bonchev–Trinajstić information content (AvgIpc) is 3.15. The maximum Gasteiger partial charge on any atom is 0.257 e. The number of aromatic nitrogens is 1. The molecule has 0 bridgehead atoms. The minimum absolute atomic E-state index is 0.00861. The number of amides is 2. The first-order valence-electron chi connectivity index (χ1n) is 16.3. The zero-order chi connectivity index (χ0) is 35.0. The SMILES string of the molecule is COc1cc(NC(=O)c2cnc3ccccc3c2)c(C(=O)Nc2ccc(CCN3CCc4cc(OC)c(OCC[18F])cc4C3)cc2)cc1OC. The maximum atomic E-state index is 13.6. The van der Waals surface area contributed by atoms with Crippen LogP contribution in [0.5, 0.6) is 23.0 Å². The lowest BCUT2D eigenvalue weighted by atomic mass is 9.98. The molecule has 2 amide bonds. The normalized spacial score (nSPS) is 12.6. The number of nitrogens with zero attached hydrogens (tertiary/aromatic N) is 2. The summed E-state index contributed by atoms with van der Waals surface area (Å²) in [6.45, 7) is 1.96. The molecular formula is C39H39FN4O6. The van der Waals surface area contributed by atoms with Crippen LogP contribution in [-0.2, 0) is 19.4 Å². The van der Waals surface area contributed by atoms with Crippen LogP contribution >= 0.6 is 0 Å². The molecule has 2 heterocycles. The molecule has 258 valence electrons. The van der Waals surface area contributed by atoms with Crippen molar-refractivity contribution < 1.29 is 32.9 Å². The number of carbonyl (C=O) groups is 2. The molecule has 1 aliphatic heterocycles. The first-order valence-corrected chi connectivity index (χ1v) is 16.3. The molecule has 0 atom stereocenters. The Hall–Kier alpha value is -5.68. The van der Waals surface area contributed by atoms with Crippen LogP contribution in [0.25, 0.3) is 10.9 Å². The third kappa shape index (κ3) is 7.79. The van der Waals surface area contributed by atoms with Gasteiger partial charge in [0.25, 0.3) is 11.8 Å². The Labute approximate surface area is 290 Å². The summed E-state index contributed by atoms with van der Waals surface area (Å²) in [6.07, 6.45) is 3.21. The highest BCUT2D eigenvalue weighted by Gasteiger charge is 2.22. The van der Waals surface area contributed by atoms with E-state index in [1.165, 1.54) is 26.0 Å². The zero-order valence-corrected chi connectivity index (χ0v) is 28.3. The Bertz CT molecular complexity index is 2000. The molecule has 0 aliphatic carbocycles. The number of benzene rings is 4. The molecule has 0 saturated carbocycles. The number of alkyl halides is 1. The number of pyridine rings is 1. The minimum atomic E-state index is -0.560. The van der Waals surface area contributed by atoms with Gasteiger partial charge in [-0.3, -0.25) is 19.5 Å². The highest BCUT2D eigenvalue weighted by molar-refractivity contribution is 6.13. The first kappa shape index (κ1) is 34.2. The topological polar surface area (TPSA) is 111 Å². The van der Waals surface area contributed by atoms with E-state index in [4.69, 9.17) is 18.9 Å². The Balaban J connectivity index is 1.11. The molecule has 0 fully saturated rings. The lowest BCUT2D eigenvalue weighted by Gasteiger charge is -2.29. The van der Waals surface area contributed by atoms with Gasteiger partial charge in [-0.25, -0.2) is 4.39 Å². The monoisotopic (exact) mass is 677 g/mol. The Morgan fingerprint density at radius 2 is 1.54 bits per heavy atom. The van der Waals surface area contributed by atoms with E-state index < -0.39 is 18.5 Å². The fourth-order valence-corrected chi connectivity index (χ4v) is 6.03. The molecule has 0 unspecified atom stereocenters. The van der Waals surface area contributed by atoms with Gasteiger partial charge >= 0.3 is 0 Å². The van der Waals surface area contributed by atoms with Gasteiger partial charge in [-0.05, 0) is 72.0 Å². The molecule has 1 aliphatic rings. The van der Waals surface area contributed by atoms with Crippen molar-refractivity contribution in [3.05, 3.63) is 113 Å². The smallest absolute Gasteiger partial charge is 0.257 e. The molecule has 0 radical (unpaired) electrons. The number of anilines is 2. The van der Waals surface area contributed by atoms with E-state index in [-0.39, 0.29) is 17.9 Å². The molecule has 0 spiro atoms. The van der Waals surface area contributed by atoms with Crippen LogP contribution in [-0.4, -0.2) is 69.4 Å². The molecule has 5 aromatic rings. The summed E-state index contributed by atoms with van der Waals surface area (Å²) < 4.78 is 34.7. The predicted molar refractivity (Wildman–Crippen MR) is 191 cm³/mol. The Morgan fingerprint density at radius 3 is 2.30 bits per heavy atom. The second-order valence-electron chi connectivity index (χ2n) is 11.9. The first-order chi connectivity index (χ1) is 24.4. The van der Waals surface area contributed by atoms with Gasteiger partial charge in [-0.15, -0.1) is 0 Å². The van der Waals surface area contributed by atoms with Crippen molar-refractivity contribution in [3.63, 3.8) is 0 Å². The van der Waals surface area contributed by atoms with E-state index >= 15 is 0 Å². The number of hydrogen-bond donors (Lipinski definition) is 2. The maximum absolute atomic E-state index is 13.6. The minimum Gasteiger partial charge on any atom is -0.493 e. The zero-order valence-electron chi connectivity index (χ0n) is 28.3. The third-order valence-corrected chi connectivity index (χ3v) is 8.71. The van der Waals surface area contributed by atoms with Gasteiger partial charge in [0.15, 0.2) is 23.0 Å². The number of halogens is 1.